The van der Waals surface area contributed by atoms with E-state index in [4.69, 9.17) is 0 Å². The van der Waals surface area contributed by atoms with E-state index >= 15 is 0 Å². The van der Waals surface area contributed by atoms with Gasteiger partial charge in [0.15, 0.2) is 0 Å². The summed E-state index contributed by atoms with van der Waals surface area (Å²) in [6.07, 6.45) is 4.26. The molecule has 0 bridgehead atoms. The van der Waals surface area contributed by atoms with Crippen LogP contribution in [0.25, 0.3) is 0 Å². The minimum atomic E-state index is 0.632. The summed E-state index contributed by atoms with van der Waals surface area (Å²) >= 11 is 4.58. The number of hydrogen-bond donors (Lipinski definition) is 1. The van der Waals surface area contributed by atoms with Crippen LogP contribution < -0.4 is 0 Å². The first-order valence-corrected chi connectivity index (χ1v) is 5.66. The van der Waals surface area contributed by atoms with E-state index in [1.807, 2.05) is 0 Å². The summed E-state index contributed by atoms with van der Waals surface area (Å²) in [4.78, 5) is 2.61. The Morgan fingerprint density at radius 2 is 2.08 bits per heavy atom. The second-order valence-electron chi connectivity index (χ2n) is 4.66. The van der Waals surface area contributed by atoms with Crippen molar-refractivity contribution in [2.75, 3.05) is 19.6 Å². The Morgan fingerprint density at radius 3 is 2.67 bits per heavy atom. The fourth-order valence-corrected chi connectivity index (χ4v) is 2.83. The zero-order valence-corrected chi connectivity index (χ0v) is 8.76. The third-order valence-electron chi connectivity index (χ3n) is 2.93. The van der Waals surface area contributed by atoms with Crippen LogP contribution in [0.15, 0.2) is 0 Å². The lowest BCUT2D eigenvalue weighted by Crippen LogP contribution is -2.41. The largest absolute Gasteiger partial charge is 0.302 e. The predicted octanol–water partition coefficient (Wildman–Crippen LogP) is 2.04. The smallest absolute Gasteiger partial charge is 0.0147 e. The summed E-state index contributed by atoms with van der Waals surface area (Å²) in [5.41, 5.74) is 0. The van der Waals surface area contributed by atoms with E-state index in [0.29, 0.717) is 5.25 Å². The second-order valence-corrected chi connectivity index (χ2v) is 5.39. The first kappa shape index (κ1) is 8.89. The first-order chi connectivity index (χ1) is 5.74. The van der Waals surface area contributed by atoms with Crippen LogP contribution in [-0.2, 0) is 0 Å². The Labute approximate surface area is 80.9 Å². The Balaban J connectivity index is 1.79. The first-order valence-electron chi connectivity index (χ1n) is 5.14. The molecule has 0 N–H and O–H groups in total. The van der Waals surface area contributed by atoms with Crippen molar-refractivity contribution in [1.82, 2.24) is 4.90 Å². The Kier molecular flexibility index (Phi) is 2.66. The molecule has 1 heterocycles. The fraction of sp³-hybridized carbons (Fsp3) is 1.00. The minimum absolute atomic E-state index is 0.632. The average Bonchev–Trinajstić information content (AvgIpc) is 2.68. The molecule has 0 amide bonds. The summed E-state index contributed by atoms with van der Waals surface area (Å²) in [5.74, 6) is 1.90. The molecule has 0 aromatic rings. The van der Waals surface area contributed by atoms with Gasteiger partial charge in [-0.1, -0.05) is 6.92 Å². The molecule has 1 saturated carbocycles. The molecule has 2 aliphatic rings. The molecule has 2 fully saturated rings. The van der Waals surface area contributed by atoms with E-state index in [2.05, 4.69) is 24.5 Å². The number of rotatable bonds is 2. The molecule has 2 heteroatoms. The summed E-state index contributed by atoms with van der Waals surface area (Å²) < 4.78 is 0. The van der Waals surface area contributed by atoms with Gasteiger partial charge in [-0.15, -0.1) is 0 Å². The lowest BCUT2D eigenvalue weighted by atomic mass is 9.99. The molecule has 0 spiro atoms. The molecule has 1 aliphatic carbocycles. The molecule has 2 atom stereocenters. The quantitative estimate of drug-likeness (QED) is 0.644. The van der Waals surface area contributed by atoms with Crippen molar-refractivity contribution in [3.63, 3.8) is 0 Å². The highest BCUT2D eigenvalue weighted by atomic mass is 32.1. The van der Waals surface area contributed by atoms with Crippen molar-refractivity contribution in [3.8, 4) is 0 Å². The lowest BCUT2D eigenvalue weighted by Gasteiger charge is -2.34. The van der Waals surface area contributed by atoms with E-state index in [0.717, 1.165) is 11.8 Å². The molecule has 0 aromatic carbocycles. The summed E-state index contributed by atoms with van der Waals surface area (Å²) in [6, 6.07) is 0. The maximum atomic E-state index is 4.58. The van der Waals surface area contributed by atoms with Crippen molar-refractivity contribution < 1.29 is 0 Å². The summed E-state index contributed by atoms with van der Waals surface area (Å²) in [6.45, 7) is 6.24. The van der Waals surface area contributed by atoms with Crippen LogP contribution in [0.4, 0.5) is 0 Å². The number of hydrogen-bond acceptors (Lipinski definition) is 2. The highest BCUT2D eigenvalue weighted by Crippen LogP contribution is 2.31. The van der Waals surface area contributed by atoms with Gasteiger partial charge in [-0.3, -0.25) is 0 Å². The van der Waals surface area contributed by atoms with Gasteiger partial charge in [0.25, 0.3) is 0 Å². The number of thiol groups is 1. The summed E-state index contributed by atoms with van der Waals surface area (Å²) in [5, 5.41) is 0.632. The topological polar surface area (TPSA) is 3.24 Å². The molecule has 1 saturated heterocycles. The van der Waals surface area contributed by atoms with Crippen molar-refractivity contribution in [2.45, 2.75) is 31.4 Å². The van der Waals surface area contributed by atoms with Gasteiger partial charge in [0.1, 0.15) is 0 Å². The van der Waals surface area contributed by atoms with Crippen molar-refractivity contribution in [2.24, 2.45) is 11.8 Å². The normalized spacial score (nSPS) is 38.5. The minimum Gasteiger partial charge on any atom is -0.302 e. The number of likely N-dealkylation sites (tertiary alicyclic amines) is 1. The van der Waals surface area contributed by atoms with Gasteiger partial charge in [0.2, 0.25) is 0 Å². The fourth-order valence-electron chi connectivity index (χ4n) is 2.24. The van der Waals surface area contributed by atoms with Gasteiger partial charge in [-0.05, 0) is 31.1 Å². The van der Waals surface area contributed by atoms with Gasteiger partial charge < -0.3 is 4.90 Å². The molecule has 70 valence electrons. The SMILES string of the molecule is C[C@@H]1C[C@@H](S)CN(CC2CC2)C1. The van der Waals surface area contributed by atoms with Gasteiger partial charge in [-0.25, -0.2) is 0 Å². The summed E-state index contributed by atoms with van der Waals surface area (Å²) in [7, 11) is 0. The van der Waals surface area contributed by atoms with Gasteiger partial charge in [-0.2, -0.15) is 12.6 Å². The van der Waals surface area contributed by atoms with E-state index in [1.54, 1.807) is 0 Å². The Hall–Kier alpha value is 0.310. The van der Waals surface area contributed by atoms with Crippen LogP contribution >= 0.6 is 12.6 Å². The molecular weight excluding hydrogens is 166 g/mol. The van der Waals surface area contributed by atoms with Crippen LogP contribution in [0.3, 0.4) is 0 Å². The zero-order valence-electron chi connectivity index (χ0n) is 7.87. The van der Waals surface area contributed by atoms with Crippen LogP contribution in [0.5, 0.6) is 0 Å². The van der Waals surface area contributed by atoms with E-state index < -0.39 is 0 Å². The van der Waals surface area contributed by atoms with E-state index in [1.165, 1.54) is 38.9 Å². The molecule has 0 aromatic heterocycles. The number of nitrogens with zero attached hydrogens (tertiary/aromatic N) is 1. The third-order valence-corrected chi connectivity index (χ3v) is 3.30. The highest BCUT2D eigenvalue weighted by Gasteiger charge is 2.28. The lowest BCUT2D eigenvalue weighted by molar-refractivity contribution is 0.183. The van der Waals surface area contributed by atoms with Crippen molar-refractivity contribution >= 4 is 12.6 Å². The number of piperidine rings is 1. The van der Waals surface area contributed by atoms with E-state index in [-0.39, 0.29) is 0 Å². The Bertz CT molecular complexity index is 143. The van der Waals surface area contributed by atoms with Crippen LogP contribution in [0.1, 0.15) is 26.2 Å². The molecule has 0 radical (unpaired) electrons. The van der Waals surface area contributed by atoms with E-state index in [9.17, 15) is 0 Å². The third kappa shape index (κ3) is 2.40. The predicted molar refractivity (Wildman–Crippen MR) is 55.7 cm³/mol. The molecule has 2 rings (SSSR count). The maximum absolute atomic E-state index is 4.58. The standard InChI is InChI=1S/C10H19NS/c1-8-4-10(12)7-11(5-8)6-9-2-3-9/h8-10,12H,2-7H2,1H3/t8-,10-/m1/s1. The maximum Gasteiger partial charge on any atom is 0.0147 e. The second kappa shape index (κ2) is 3.59. The molecular formula is C10H19NS. The molecule has 12 heavy (non-hydrogen) atoms. The van der Waals surface area contributed by atoms with Crippen LogP contribution in [-0.4, -0.2) is 29.8 Å². The van der Waals surface area contributed by atoms with Gasteiger partial charge >= 0.3 is 0 Å². The molecule has 1 aliphatic heterocycles. The Morgan fingerprint density at radius 1 is 1.33 bits per heavy atom. The zero-order chi connectivity index (χ0) is 8.55. The van der Waals surface area contributed by atoms with Gasteiger partial charge in [0, 0.05) is 24.9 Å². The van der Waals surface area contributed by atoms with Crippen molar-refractivity contribution in [1.29, 1.82) is 0 Å². The highest BCUT2D eigenvalue weighted by molar-refractivity contribution is 7.81. The average molecular weight is 185 g/mol. The van der Waals surface area contributed by atoms with Gasteiger partial charge in [0.05, 0.1) is 0 Å². The molecule has 0 unspecified atom stereocenters. The van der Waals surface area contributed by atoms with Crippen LogP contribution in [0.2, 0.25) is 0 Å². The van der Waals surface area contributed by atoms with Crippen LogP contribution in [0, 0.1) is 11.8 Å². The monoisotopic (exact) mass is 185 g/mol. The molecule has 1 nitrogen and oxygen atoms in total. The van der Waals surface area contributed by atoms with Crippen molar-refractivity contribution in [3.05, 3.63) is 0 Å².